The minimum atomic E-state index is 0. The number of hydrogen-bond acceptors (Lipinski definition) is 0. The molecule has 0 heterocycles. The molecule has 0 saturated carbocycles. The molecular formula is C21H16Cl2Zr. The number of benzene rings is 2. The maximum absolute atomic E-state index is 5.46. The summed E-state index contributed by atoms with van der Waals surface area (Å²) in [7, 11) is 0. The van der Waals surface area contributed by atoms with E-state index in [2.05, 4.69) is 54.5 Å². The second-order valence-electron chi connectivity index (χ2n) is 5.05. The van der Waals surface area contributed by atoms with Gasteiger partial charge in [-0.05, 0) is 11.5 Å². The summed E-state index contributed by atoms with van der Waals surface area (Å²) in [6, 6.07) is 18.0. The smallest absolute Gasteiger partial charge is 1.00 e. The van der Waals surface area contributed by atoms with Gasteiger partial charge < -0.3 is 24.8 Å². The first kappa shape index (κ1) is 22.9. The van der Waals surface area contributed by atoms with Gasteiger partial charge in [0.2, 0.25) is 0 Å². The zero-order valence-corrected chi connectivity index (χ0v) is 17.1. The SMILES string of the molecule is C#CCC1c2[c-]cccc2-c2ccccc21.[C-]1=CC=CC1.[Cl-].[Cl-].[Zr+4]. The largest absolute Gasteiger partial charge is 4.00 e. The summed E-state index contributed by atoms with van der Waals surface area (Å²) >= 11 is 0. The minimum absolute atomic E-state index is 0. The van der Waals surface area contributed by atoms with Crippen LogP contribution in [0.15, 0.2) is 60.7 Å². The molecule has 24 heavy (non-hydrogen) atoms. The summed E-state index contributed by atoms with van der Waals surface area (Å²) in [6.45, 7) is 0. The molecule has 0 aromatic heterocycles. The van der Waals surface area contributed by atoms with Gasteiger partial charge in [0.25, 0.3) is 0 Å². The molecule has 0 N–H and O–H groups in total. The van der Waals surface area contributed by atoms with Crippen LogP contribution in [0.3, 0.4) is 0 Å². The zero-order valence-electron chi connectivity index (χ0n) is 13.1. The first-order valence-electron chi connectivity index (χ1n) is 7.17. The van der Waals surface area contributed by atoms with Crippen molar-refractivity contribution in [3.8, 4) is 23.5 Å². The fraction of sp³-hybridized carbons (Fsp3) is 0.143. The van der Waals surface area contributed by atoms with Gasteiger partial charge in [-0.15, -0.1) is 29.9 Å². The Bertz CT molecular complexity index is 686. The Morgan fingerprint density at radius 2 is 1.83 bits per heavy atom. The predicted octanol–water partition coefficient (Wildman–Crippen LogP) is -1.07. The van der Waals surface area contributed by atoms with Crippen LogP contribution in [0, 0.1) is 24.5 Å². The van der Waals surface area contributed by atoms with E-state index in [4.69, 9.17) is 6.42 Å². The van der Waals surface area contributed by atoms with E-state index < -0.39 is 0 Å². The standard InChI is InChI=1S/C16H11.C5H5.2ClH.Zr/c1-2-7-12-13-8-3-5-10-15(13)16-11-6-4-9-14(12)16;1-2-4-5-3-1;;;/h1,3-6,8,10-12H,7H2;1-3H,4H2;2*1H;/q2*-1;;;+4/p-2. The summed E-state index contributed by atoms with van der Waals surface area (Å²) in [5, 5.41) is 0. The molecule has 2 aromatic rings. The van der Waals surface area contributed by atoms with Crippen molar-refractivity contribution in [2.24, 2.45) is 0 Å². The van der Waals surface area contributed by atoms with Crippen LogP contribution >= 0.6 is 0 Å². The Labute approximate surface area is 176 Å². The molecule has 2 aliphatic rings. The third-order valence-corrected chi connectivity index (χ3v) is 3.77. The molecular weight excluding hydrogens is 414 g/mol. The number of hydrogen-bond donors (Lipinski definition) is 0. The molecule has 3 heteroatoms. The molecule has 4 rings (SSSR count). The van der Waals surface area contributed by atoms with Crippen LogP contribution in [0.1, 0.15) is 29.9 Å². The summed E-state index contributed by atoms with van der Waals surface area (Å²) in [5.41, 5.74) is 5.20. The second kappa shape index (κ2) is 11.5. The van der Waals surface area contributed by atoms with Crippen LogP contribution in [0.25, 0.3) is 11.1 Å². The fourth-order valence-corrected chi connectivity index (χ4v) is 2.84. The van der Waals surface area contributed by atoms with Gasteiger partial charge in [0.15, 0.2) is 0 Å². The Kier molecular flexibility index (Phi) is 11.0. The van der Waals surface area contributed by atoms with Crippen LogP contribution < -0.4 is 24.8 Å². The average Bonchev–Trinajstić information content (AvgIpc) is 3.20. The van der Waals surface area contributed by atoms with Gasteiger partial charge in [0, 0.05) is 6.42 Å². The first-order valence-corrected chi connectivity index (χ1v) is 7.17. The number of fused-ring (bicyclic) bond motifs is 3. The van der Waals surface area contributed by atoms with Gasteiger partial charge in [0.05, 0.1) is 0 Å². The average molecular weight is 430 g/mol. The molecule has 1 atom stereocenters. The third kappa shape index (κ3) is 4.97. The van der Waals surface area contributed by atoms with Gasteiger partial charge in [-0.25, -0.2) is 12.2 Å². The van der Waals surface area contributed by atoms with Crippen LogP contribution in [0.2, 0.25) is 0 Å². The van der Waals surface area contributed by atoms with Crippen LogP contribution in [-0.4, -0.2) is 0 Å². The van der Waals surface area contributed by atoms with Gasteiger partial charge in [0.1, 0.15) is 0 Å². The van der Waals surface area contributed by atoms with E-state index >= 15 is 0 Å². The van der Waals surface area contributed by atoms with Crippen molar-refractivity contribution in [1.29, 1.82) is 0 Å². The molecule has 0 aliphatic heterocycles. The summed E-state index contributed by atoms with van der Waals surface area (Å²) in [5.74, 6) is 3.10. The topological polar surface area (TPSA) is 0 Å². The van der Waals surface area contributed by atoms with Gasteiger partial charge in [-0.1, -0.05) is 29.8 Å². The maximum Gasteiger partial charge on any atom is 4.00 e. The molecule has 0 nitrogen and oxygen atoms in total. The molecule has 0 amide bonds. The first-order chi connectivity index (χ1) is 10.4. The van der Waals surface area contributed by atoms with Gasteiger partial charge in [-0.2, -0.15) is 30.3 Å². The minimum Gasteiger partial charge on any atom is -1.00 e. The Morgan fingerprint density at radius 1 is 1.08 bits per heavy atom. The fourth-order valence-electron chi connectivity index (χ4n) is 2.84. The monoisotopic (exact) mass is 428 g/mol. The number of allylic oxidation sites excluding steroid dienone is 4. The van der Waals surface area contributed by atoms with E-state index in [-0.39, 0.29) is 51.0 Å². The molecule has 0 bridgehead atoms. The van der Waals surface area contributed by atoms with Crippen LogP contribution in [-0.2, 0) is 26.2 Å². The summed E-state index contributed by atoms with van der Waals surface area (Å²) in [6.07, 6.45) is 16.2. The third-order valence-electron chi connectivity index (χ3n) is 3.77. The van der Waals surface area contributed by atoms with Crippen molar-refractivity contribution in [3.63, 3.8) is 0 Å². The van der Waals surface area contributed by atoms with Crippen molar-refractivity contribution < 1.29 is 51.0 Å². The number of halogens is 2. The van der Waals surface area contributed by atoms with E-state index in [1.807, 2.05) is 24.3 Å². The number of rotatable bonds is 1. The molecule has 0 fully saturated rings. The van der Waals surface area contributed by atoms with Gasteiger partial charge >= 0.3 is 26.2 Å². The van der Waals surface area contributed by atoms with Crippen molar-refractivity contribution in [1.82, 2.24) is 0 Å². The van der Waals surface area contributed by atoms with Gasteiger partial charge in [-0.3, -0.25) is 6.08 Å². The molecule has 0 saturated heterocycles. The molecule has 118 valence electrons. The summed E-state index contributed by atoms with van der Waals surface area (Å²) < 4.78 is 0. The van der Waals surface area contributed by atoms with Crippen molar-refractivity contribution in [2.75, 3.05) is 0 Å². The van der Waals surface area contributed by atoms with E-state index in [1.165, 1.54) is 22.3 Å². The quantitative estimate of drug-likeness (QED) is 0.400. The predicted molar refractivity (Wildman–Crippen MR) is 87.6 cm³/mol. The second-order valence-corrected chi connectivity index (χ2v) is 5.05. The Balaban J connectivity index is 0.000000578. The number of terminal acetylenes is 1. The van der Waals surface area contributed by atoms with Crippen molar-refractivity contribution in [2.45, 2.75) is 18.8 Å². The zero-order chi connectivity index (χ0) is 14.5. The molecule has 2 aliphatic carbocycles. The van der Waals surface area contributed by atoms with Crippen molar-refractivity contribution >= 4 is 0 Å². The molecule has 0 spiro atoms. The molecule has 2 aromatic carbocycles. The van der Waals surface area contributed by atoms with Crippen LogP contribution in [0.5, 0.6) is 0 Å². The molecule has 0 radical (unpaired) electrons. The van der Waals surface area contributed by atoms with E-state index in [0.717, 1.165) is 12.8 Å². The molecule has 1 unspecified atom stereocenters. The Hall–Kier alpha value is -1.06. The maximum atomic E-state index is 5.46. The Morgan fingerprint density at radius 3 is 2.46 bits per heavy atom. The van der Waals surface area contributed by atoms with E-state index in [9.17, 15) is 0 Å². The summed E-state index contributed by atoms with van der Waals surface area (Å²) in [4.78, 5) is 0. The normalized spacial score (nSPS) is 14.5. The van der Waals surface area contributed by atoms with E-state index in [0.29, 0.717) is 5.92 Å². The van der Waals surface area contributed by atoms with E-state index in [1.54, 1.807) is 0 Å². The van der Waals surface area contributed by atoms with Crippen LogP contribution in [0.4, 0.5) is 0 Å². The van der Waals surface area contributed by atoms with Crippen molar-refractivity contribution in [3.05, 3.63) is 84.0 Å².